The number of benzene rings is 1. The lowest BCUT2D eigenvalue weighted by Gasteiger charge is -2.22. The number of thiophene rings is 1. The lowest BCUT2D eigenvalue weighted by atomic mass is 9.96. The Labute approximate surface area is 134 Å². The first-order chi connectivity index (χ1) is 11.1. The first-order valence-electron chi connectivity index (χ1n) is 6.99. The van der Waals surface area contributed by atoms with E-state index in [4.69, 9.17) is 0 Å². The molecule has 0 saturated carbocycles. The Morgan fingerprint density at radius 3 is 2.96 bits per heavy atom. The molecule has 3 heterocycles. The number of rotatable bonds is 2. The highest BCUT2D eigenvalue weighted by molar-refractivity contribution is 7.10. The SMILES string of the molecule is O=C1C[C@@H](c2cccs2)c2ncn(-c3cc(F)ccc3F)c2N1. The third kappa shape index (κ3) is 2.33. The van der Waals surface area contributed by atoms with E-state index in [1.807, 2.05) is 17.5 Å². The van der Waals surface area contributed by atoms with Gasteiger partial charge in [-0.15, -0.1) is 11.3 Å². The molecular weight excluding hydrogens is 320 g/mol. The minimum Gasteiger partial charge on any atom is -0.310 e. The second-order valence-electron chi connectivity index (χ2n) is 5.26. The number of nitrogens with zero attached hydrogens (tertiary/aromatic N) is 2. The zero-order chi connectivity index (χ0) is 16.0. The summed E-state index contributed by atoms with van der Waals surface area (Å²) >= 11 is 1.54. The predicted octanol–water partition coefficient (Wildman–Crippen LogP) is 3.69. The van der Waals surface area contributed by atoms with Crippen molar-refractivity contribution in [2.24, 2.45) is 0 Å². The summed E-state index contributed by atoms with van der Waals surface area (Å²) in [6, 6.07) is 7.04. The van der Waals surface area contributed by atoms with Crippen LogP contribution in [-0.2, 0) is 4.79 Å². The smallest absolute Gasteiger partial charge is 0.226 e. The van der Waals surface area contributed by atoms with Gasteiger partial charge in [-0.2, -0.15) is 0 Å². The van der Waals surface area contributed by atoms with Crippen LogP contribution in [0.4, 0.5) is 14.6 Å². The molecule has 23 heavy (non-hydrogen) atoms. The summed E-state index contributed by atoms with van der Waals surface area (Å²) in [6.07, 6.45) is 1.70. The molecule has 1 amide bonds. The molecular formula is C16H11F2N3OS. The Hall–Kier alpha value is -2.54. The molecule has 1 N–H and O–H groups in total. The Bertz CT molecular complexity index is 889. The van der Waals surface area contributed by atoms with Crippen LogP contribution in [0.15, 0.2) is 42.0 Å². The molecule has 1 atom stereocenters. The lowest BCUT2D eigenvalue weighted by molar-refractivity contribution is -0.116. The first kappa shape index (κ1) is 14.1. The molecule has 0 unspecified atom stereocenters. The van der Waals surface area contributed by atoms with Crippen molar-refractivity contribution >= 4 is 23.1 Å². The van der Waals surface area contributed by atoms with Crippen LogP contribution in [-0.4, -0.2) is 15.5 Å². The van der Waals surface area contributed by atoms with Crippen LogP contribution in [0, 0.1) is 11.6 Å². The molecule has 4 rings (SSSR count). The third-order valence-corrected chi connectivity index (χ3v) is 4.81. The fourth-order valence-electron chi connectivity index (χ4n) is 2.78. The van der Waals surface area contributed by atoms with E-state index in [0.29, 0.717) is 11.5 Å². The van der Waals surface area contributed by atoms with Gasteiger partial charge < -0.3 is 5.32 Å². The molecule has 1 aromatic carbocycles. The molecule has 1 aliphatic rings. The zero-order valence-electron chi connectivity index (χ0n) is 11.8. The molecule has 1 aliphatic heterocycles. The molecule has 4 nitrogen and oxygen atoms in total. The van der Waals surface area contributed by atoms with Crippen molar-refractivity contribution in [2.75, 3.05) is 5.32 Å². The van der Waals surface area contributed by atoms with Gasteiger partial charge >= 0.3 is 0 Å². The van der Waals surface area contributed by atoms with Gasteiger partial charge in [0.15, 0.2) is 0 Å². The summed E-state index contributed by atoms with van der Waals surface area (Å²) < 4.78 is 28.9. The summed E-state index contributed by atoms with van der Waals surface area (Å²) in [6.45, 7) is 0. The fraction of sp³-hybridized carbons (Fsp3) is 0.125. The highest BCUT2D eigenvalue weighted by Gasteiger charge is 2.31. The van der Waals surface area contributed by atoms with E-state index in [-0.39, 0.29) is 23.9 Å². The van der Waals surface area contributed by atoms with Crippen LogP contribution in [0.1, 0.15) is 22.9 Å². The van der Waals surface area contributed by atoms with Crippen molar-refractivity contribution < 1.29 is 13.6 Å². The summed E-state index contributed by atoms with van der Waals surface area (Å²) in [4.78, 5) is 17.4. The van der Waals surface area contributed by atoms with Gasteiger partial charge in [0.1, 0.15) is 23.8 Å². The topological polar surface area (TPSA) is 46.9 Å². The van der Waals surface area contributed by atoms with Crippen LogP contribution in [0.2, 0.25) is 0 Å². The summed E-state index contributed by atoms with van der Waals surface area (Å²) in [5.41, 5.74) is 0.682. The number of nitrogens with one attached hydrogen (secondary N) is 1. The van der Waals surface area contributed by atoms with Crippen molar-refractivity contribution in [3.8, 4) is 5.69 Å². The van der Waals surface area contributed by atoms with Crippen LogP contribution in [0.5, 0.6) is 0 Å². The highest BCUT2D eigenvalue weighted by Crippen LogP contribution is 2.39. The Kier molecular flexibility index (Phi) is 3.23. The quantitative estimate of drug-likeness (QED) is 0.778. The van der Waals surface area contributed by atoms with E-state index >= 15 is 0 Å². The molecule has 0 fully saturated rings. The molecule has 0 radical (unpaired) electrons. The maximum Gasteiger partial charge on any atom is 0.226 e. The second kappa shape index (κ2) is 5.27. The Balaban J connectivity index is 1.87. The maximum absolute atomic E-state index is 14.0. The van der Waals surface area contributed by atoms with Crippen molar-refractivity contribution in [3.05, 3.63) is 64.2 Å². The zero-order valence-corrected chi connectivity index (χ0v) is 12.6. The molecule has 0 spiro atoms. The molecule has 2 aromatic heterocycles. The fourth-order valence-corrected chi connectivity index (χ4v) is 3.62. The summed E-state index contributed by atoms with van der Waals surface area (Å²) in [5.74, 6) is -1.09. The molecule has 0 bridgehead atoms. The average Bonchev–Trinajstić information content (AvgIpc) is 3.18. The summed E-state index contributed by atoms with van der Waals surface area (Å²) in [5, 5.41) is 4.66. The number of carbonyl (C=O) groups excluding carboxylic acids is 1. The number of carbonyl (C=O) groups is 1. The number of fused-ring (bicyclic) bond motifs is 1. The van der Waals surface area contributed by atoms with E-state index in [9.17, 15) is 13.6 Å². The van der Waals surface area contributed by atoms with E-state index < -0.39 is 11.6 Å². The van der Waals surface area contributed by atoms with Gasteiger partial charge in [-0.1, -0.05) is 6.07 Å². The number of aromatic nitrogens is 2. The predicted molar refractivity (Wildman–Crippen MR) is 82.9 cm³/mol. The molecule has 7 heteroatoms. The van der Waals surface area contributed by atoms with Crippen LogP contribution in [0.25, 0.3) is 5.69 Å². The van der Waals surface area contributed by atoms with Gasteiger partial charge in [0.25, 0.3) is 0 Å². The number of halogens is 2. The van der Waals surface area contributed by atoms with E-state index in [1.54, 1.807) is 11.3 Å². The van der Waals surface area contributed by atoms with Crippen molar-refractivity contribution in [1.29, 1.82) is 0 Å². The number of hydrogen-bond donors (Lipinski definition) is 1. The van der Waals surface area contributed by atoms with Crippen molar-refractivity contribution in [3.63, 3.8) is 0 Å². The van der Waals surface area contributed by atoms with Gasteiger partial charge in [-0.3, -0.25) is 9.36 Å². The van der Waals surface area contributed by atoms with Crippen LogP contribution in [0.3, 0.4) is 0 Å². The molecule has 116 valence electrons. The maximum atomic E-state index is 14.0. The van der Waals surface area contributed by atoms with Gasteiger partial charge in [0, 0.05) is 23.3 Å². The minimum absolute atomic E-state index is 0.0193. The van der Waals surface area contributed by atoms with Gasteiger partial charge in [-0.25, -0.2) is 13.8 Å². The number of amides is 1. The van der Waals surface area contributed by atoms with Crippen LogP contribution < -0.4 is 5.32 Å². The van der Waals surface area contributed by atoms with E-state index in [0.717, 1.165) is 23.1 Å². The third-order valence-electron chi connectivity index (χ3n) is 3.83. The lowest BCUT2D eigenvalue weighted by Crippen LogP contribution is -2.24. The standard InChI is InChI=1S/C16H11F2N3OS/c17-9-3-4-11(18)12(6-9)21-8-19-15-10(13-2-1-5-23-13)7-14(22)20-16(15)21/h1-6,8,10H,7H2,(H,20,22)/t10-/m0/s1. The molecule has 0 saturated heterocycles. The Morgan fingerprint density at radius 1 is 1.30 bits per heavy atom. The highest BCUT2D eigenvalue weighted by atomic mass is 32.1. The van der Waals surface area contributed by atoms with Gasteiger partial charge in [-0.05, 0) is 23.6 Å². The minimum atomic E-state index is -0.584. The van der Waals surface area contributed by atoms with Crippen molar-refractivity contribution in [1.82, 2.24) is 9.55 Å². The molecule has 0 aliphatic carbocycles. The number of imidazole rings is 1. The normalized spacial score (nSPS) is 17.0. The van der Waals surface area contributed by atoms with E-state index in [1.165, 1.54) is 10.9 Å². The average molecular weight is 331 g/mol. The van der Waals surface area contributed by atoms with Crippen molar-refractivity contribution in [2.45, 2.75) is 12.3 Å². The largest absolute Gasteiger partial charge is 0.310 e. The second-order valence-corrected chi connectivity index (χ2v) is 6.24. The summed E-state index contributed by atoms with van der Waals surface area (Å²) in [7, 11) is 0. The number of anilines is 1. The Morgan fingerprint density at radius 2 is 2.17 bits per heavy atom. The number of hydrogen-bond acceptors (Lipinski definition) is 3. The molecule has 3 aromatic rings. The van der Waals surface area contributed by atoms with E-state index in [2.05, 4.69) is 10.3 Å². The van der Waals surface area contributed by atoms with Gasteiger partial charge in [0.2, 0.25) is 5.91 Å². The monoisotopic (exact) mass is 331 g/mol. The first-order valence-corrected chi connectivity index (χ1v) is 7.87. The van der Waals surface area contributed by atoms with Gasteiger partial charge in [0.05, 0.1) is 11.4 Å². The van der Waals surface area contributed by atoms with Crippen LogP contribution >= 0.6 is 11.3 Å².